The van der Waals surface area contributed by atoms with Crippen molar-refractivity contribution >= 4 is 5.97 Å². The van der Waals surface area contributed by atoms with Crippen molar-refractivity contribution in [3.8, 4) is 16.9 Å². The molecule has 0 amide bonds. The number of hydrogen-bond donors (Lipinski definition) is 1. The molecule has 0 saturated carbocycles. The number of benzene rings is 2. The first-order chi connectivity index (χ1) is 9.52. The summed E-state index contributed by atoms with van der Waals surface area (Å²) < 4.78 is 33.0. The van der Waals surface area contributed by atoms with E-state index in [0.717, 1.165) is 12.1 Å². The maximum absolute atomic E-state index is 13.9. The minimum Gasteiger partial charge on any atom is -0.494 e. The second kappa shape index (κ2) is 5.69. The van der Waals surface area contributed by atoms with Gasteiger partial charge in [0.25, 0.3) is 0 Å². The van der Waals surface area contributed by atoms with E-state index in [1.54, 1.807) is 12.1 Å². The number of carboxylic acid groups (broad SMARTS) is 1. The molecule has 0 unspecified atom stereocenters. The zero-order chi connectivity index (χ0) is 14.7. The van der Waals surface area contributed by atoms with Gasteiger partial charge in [0.1, 0.15) is 17.4 Å². The maximum Gasteiger partial charge on any atom is 0.335 e. The molecule has 0 spiro atoms. The van der Waals surface area contributed by atoms with E-state index in [1.165, 1.54) is 12.1 Å². The molecule has 0 bridgehead atoms. The van der Waals surface area contributed by atoms with Gasteiger partial charge < -0.3 is 9.84 Å². The zero-order valence-corrected chi connectivity index (χ0v) is 10.7. The molecule has 1 N–H and O–H groups in total. The van der Waals surface area contributed by atoms with Crippen LogP contribution < -0.4 is 4.74 Å². The largest absolute Gasteiger partial charge is 0.494 e. The quantitative estimate of drug-likeness (QED) is 0.927. The Balaban J connectivity index is 2.44. The molecule has 104 valence electrons. The molecule has 20 heavy (non-hydrogen) atoms. The van der Waals surface area contributed by atoms with Crippen LogP contribution in [0.15, 0.2) is 36.4 Å². The van der Waals surface area contributed by atoms with Crippen LogP contribution in [-0.4, -0.2) is 17.7 Å². The summed E-state index contributed by atoms with van der Waals surface area (Å²) in [7, 11) is 0. The van der Waals surface area contributed by atoms with Crippen molar-refractivity contribution in [1.29, 1.82) is 0 Å². The molecule has 5 heteroatoms. The minimum atomic E-state index is -1.37. The van der Waals surface area contributed by atoms with Gasteiger partial charge >= 0.3 is 5.97 Å². The molecule has 0 aliphatic heterocycles. The fraction of sp³-hybridized carbons (Fsp3) is 0.133. The molecule has 0 saturated heterocycles. The van der Waals surface area contributed by atoms with Gasteiger partial charge in [-0.05, 0) is 36.8 Å². The summed E-state index contributed by atoms with van der Waals surface area (Å²) in [5.41, 5.74) is -0.354. The highest BCUT2D eigenvalue weighted by molar-refractivity contribution is 5.88. The predicted octanol–water partition coefficient (Wildman–Crippen LogP) is 3.73. The third kappa shape index (κ3) is 2.77. The fourth-order valence-corrected chi connectivity index (χ4v) is 1.86. The fourth-order valence-electron chi connectivity index (χ4n) is 1.86. The summed E-state index contributed by atoms with van der Waals surface area (Å²) in [6.45, 7) is 2.33. The van der Waals surface area contributed by atoms with Crippen LogP contribution in [-0.2, 0) is 0 Å². The third-order valence-electron chi connectivity index (χ3n) is 2.74. The summed E-state index contributed by atoms with van der Waals surface area (Å²) >= 11 is 0. The van der Waals surface area contributed by atoms with Crippen molar-refractivity contribution in [2.24, 2.45) is 0 Å². The Labute approximate surface area is 114 Å². The van der Waals surface area contributed by atoms with Gasteiger partial charge in [-0.25, -0.2) is 13.6 Å². The van der Waals surface area contributed by atoms with Crippen LogP contribution in [0.1, 0.15) is 17.3 Å². The number of aromatic carboxylic acids is 1. The molecule has 0 aliphatic rings. The van der Waals surface area contributed by atoms with Gasteiger partial charge in [-0.15, -0.1) is 0 Å². The molecule has 0 atom stereocenters. The van der Waals surface area contributed by atoms with Crippen LogP contribution in [0.4, 0.5) is 8.78 Å². The summed E-state index contributed by atoms with van der Waals surface area (Å²) in [5.74, 6) is -2.60. The first-order valence-electron chi connectivity index (χ1n) is 5.98. The monoisotopic (exact) mass is 278 g/mol. The molecule has 2 aromatic carbocycles. The van der Waals surface area contributed by atoms with E-state index < -0.39 is 23.2 Å². The second-order valence-corrected chi connectivity index (χ2v) is 4.08. The molecule has 2 rings (SSSR count). The molecule has 0 radical (unpaired) electrons. The van der Waals surface area contributed by atoms with Crippen molar-refractivity contribution in [3.63, 3.8) is 0 Å². The predicted molar refractivity (Wildman–Crippen MR) is 69.9 cm³/mol. The van der Waals surface area contributed by atoms with E-state index in [4.69, 9.17) is 9.84 Å². The maximum atomic E-state index is 13.9. The average molecular weight is 278 g/mol. The zero-order valence-electron chi connectivity index (χ0n) is 10.7. The van der Waals surface area contributed by atoms with Crippen molar-refractivity contribution < 1.29 is 23.4 Å². The Hall–Kier alpha value is -2.43. The summed E-state index contributed by atoms with van der Waals surface area (Å²) in [6.07, 6.45) is 0. The Morgan fingerprint density at radius 3 is 2.15 bits per heavy atom. The van der Waals surface area contributed by atoms with Gasteiger partial charge in [0, 0.05) is 0 Å². The molecule has 0 heterocycles. The number of carbonyl (C=O) groups is 1. The lowest BCUT2D eigenvalue weighted by molar-refractivity contribution is 0.0696. The first kappa shape index (κ1) is 14.0. The third-order valence-corrected chi connectivity index (χ3v) is 2.74. The Morgan fingerprint density at radius 1 is 1.15 bits per heavy atom. The lowest BCUT2D eigenvalue weighted by Gasteiger charge is -2.08. The van der Waals surface area contributed by atoms with E-state index in [-0.39, 0.29) is 5.56 Å². The molecule has 0 aliphatic carbocycles. The highest BCUT2D eigenvalue weighted by Crippen LogP contribution is 2.28. The van der Waals surface area contributed by atoms with Crippen LogP contribution in [0.5, 0.6) is 5.75 Å². The van der Waals surface area contributed by atoms with E-state index in [0.29, 0.717) is 17.9 Å². The number of carboxylic acids is 1. The lowest BCUT2D eigenvalue weighted by atomic mass is 10.0. The molecule has 0 fully saturated rings. The van der Waals surface area contributed by atoms with Gasteiger partial charge in [-0.2, -0.15) is 0 Å². The average Bonchev–Trinajstić information content (AvgIpc) is 2.40. The van der Waals surface area contributed by atoms with Crippen LogP contribution in [0, 0.1) is 11.6 Å². The van der Waals surface area contributed by atoms with Crippen molar-refractivity contribution in [2.75, 3.05) is 6.61 Å². The number of ether oxygens (including phenoxy) is 1. The summed E-state index contributed by atoms with van der Waals surface area (Å²) in [5, 5.41) is 8.74. The highest BCUT2D eigenvalue weighted by Gasteiger charge is 2.16. The van der Waals surface area contributed by atoms with Crippen molar-refractivity contribution in [3.05, 3.63) is 53.6 Å². The smallest absolute Gasteiger partial charge is 0.335 e. The Bertz CT molecular complexity index is 613. The highest BCUT2D eigenvalue weighted by atomic mass is 19.1. The molecule has 2 aromatic rings. The van der Waals surface area contributed by atoms with Crippen molar-refractivity contribution in [1.82, 2.24) is 0 Å². The molecular weight excluding hydrogens is 266 g/mol. The van der Waals surface area contributed by atoms with Gasteiger partial charge in [-0.3, -0.25) is 0 Å². The number of rotatable bonds is 4. The first-order valence-corrected chi connectivity index (χ1v) is 5.98. The van der Waals surface area contributed by atoms with Crippen LogP contribution in [0.25, 0.3) is 11.1 Å². The van der Waals surface area contributed by atoms with Crippen LogP contribution in [0.3, 0.4) is 0 Å². The SMILES string of the molecule is CCOc1ccc(-c2c(F)cc(C(=O)O)cc2F)cc1. The normalized spacial score (nSPS) is 10.3. The van der Waals surface area contributed by atoms with Gasteiger partial charge in [0.15, 0.2) is 0 Å². The van der Waals surface area contributed by atoms with E-state index in [1.807, 2.05) is 6.92 Å². The van der Waals surface area contributed by atoms with Crippen LogP contribution >= 0.6 is 0 Å². The molecule has 3 nitrogen and oxygen atoms in total. The summed E-state index contributed by atoms with van der Waals surface area (Å²) in [6, 6.07) is 7.85. The molecule has 0 aromatic heterocycles. The van der Waals surface area contributed by atoms with Crippen LogP contribution in [0.2, 0.25) is 0 Å². The second-order valence-electron chi connectivity index (χ2n) is 4.08. The summed E-state index contributed by atoms with van der Waals surface area (Å²) in [4.78, 5) is 10.7. The van der Waals surface area contributed by atoms with Gasteiger partial charge in [0.05, 0.1) is 17.7 Å². The lowest BCUT2D eigenvalue weighted by Crippen LogP contribution is -2.00. The van der Waals surface area contributed by atoms with Crippen molar-refractivity contribution in [2.45, 2.75) is 6.92 Å². The topological polar surface area (TPSA) is 46.5 Å². The van der Waals surface area contributed by atoms with Gasteiger partial charge in [0.2, 0.25) is 0 Å². The van der Waals surface area contributed by atoms with Gasteiger partial charge in [-0.1, -0.05) is 12.1 Å². The van der Waals surface area contributed by atoms with E-state index >= 15 is 0 Å². The van der Waals surface area contributed by atoms with E-state index in [2.05, 4.69) is 0 Å². The number of halogens is 2. The molecular formula is C15H12F2O3. The minimum absolute atomic E-state index is 0.252. The standard InChI is InChI=1S/C15H12F2O3/c1-2-20-11-5-3-9(4-6-11)14-12(16)7-10(15(18)19)8-13(14)17/h3-8H,2H2,1H3,(H,18,19). The van der Waals surface area contributed by atoms with E-state index in [9.17, 15) is 13.6 Å². The Kier molecular flexibility index (Phi) is 3.98. The Morgan fingerprint density at radius 2 is 1.70 bits per heavy atom. The number of hydrogen-bond acceptors (Lipinski definition) is 2.